The van der Waals surface area contributed by atoms with Crippen LogP contribution in [0.3, 0.4) is 0 Å². The van der Waals surface area contributed by atoms with Crippen molar-refractivity contribution >= 4 is 5.69 Å². The molecule has 0 saturated heterocycles. The van der Waals surface area contributed by atoms with Crippen LogP contribution in [-0.4, -0.2) is 0 Å². The van der Waals surface area contributed by atoms with Crippen molar-refractivity contribution in [3.05, 3.63) is 65.0 Å². The molecule has 0 aliphatic rings. The van der Waals surface area contributed by atoms with Crippen LogP contribution in [0.2, 0.25) is 0 Å². The second-order valence-corrected chi connectivity index (χ2v) is 3.89. The van der Waals surface area contributed by atoms with Gasteiger partial charge in [0.15, 0.2) is 17.5 Å². The van der Waals surface area contributed by atoms with E-state index in [1.165, 1.54) is 0 Å². The zero-order valence-electron chi connectivity index (χ0n) is 9.51. The summed E-state index contributed by atoms with van der Waals surface area (Å²) in [6.45, 7) is 0. The van der Waals surface area contributed by atoms with E-state index in [1.54, 1.807) is 30.3 Å². The molecule has 1 nitrogen and oxygen atoms in total. The number of rotatable bonds is 3. The van der Waals surface area contributed by atoms with E-state index in [2.05, 4.69) is 0 Å². The Bertz CT molecular complexity index is 583. The van der Waals surface area contributed by atoms with Crippen LogP contribution in [0.15, 0.2) is 36.4 Å². The summed E-state index contributed by atoms with van der Waals surface area (Å²) in [4.78, 5) is 0. The lowest BCUT2D eigenvalue weighted by molar-refractivity contribution is 0.228. The van der Waals surface area contributed by atoms with Gasteiger partial charge in [0.05, 0.1) is 0 Å². The van der Waals surface area contributed by atoms with Gasteiger partial charge in [-0.15, -0.1) is 0 Å². The number of hydrogen-bond acceptors (Lipinski definition) is 1. The van der Waals surface area contributed by atoms with Crippen molar-refractivity contribution in [3.8, 4) is 0 Å². The van der Waals surface area contributed by atoms with E-state index in [0.717, 1.165) is 0 Å². The first-order chi connectivity index (χ1) is 9.00. The van der Waals surface area contributed by atoms with Crippen molar-refractivity contribution in [1.82, 2.24) is 0 Å². The summed E-state index contributed by atoms with van der Waals surface area (Å²) in [7, 11) is 0. The monoisotopic (exact) mass is 273 g/mol. The van der Waals surface area contributed by atoms with Crippen molar-refractivity contribution in [2.24, 2.45) is 0 Å². The Labute approximate surface area is 105 Å². The highest BCUT2D eigenvalue weighted by molar-refractivity contribution is 5.48. The van der Waals surface area contributed by atoms with Crippen molar-refractivity contribution in [2.75, 3.05) is 5.34 Å². The maximum absolute atomic E-state index is 13.5. The van der Waals surface area contributed by atoms with Crippen LogP contribution in [0.4, 0.5) is 27.8 Å². The van der Waals surface area contributed by atoms with Gasteiger partial charge < -0.3 is 0 Å². The summed E-state index contributed by atoms with van der Waals surface area (Å²) in [5.41, 5.74) is -1.02. The molecule has 0 radical (unpaired) electrons. The topological polar surface area (TPSA) is 3.24 Å². The fourth-order valence-electron chi connectivity index (χ4n) is 1.71. The number of nitrogens with zero attached hydrogens (tertiary/aromatic N) is 1. The van der Waals surface area contributed by atoms with E-state index in [0.29, 0.717) is 11.6 Å². The normalized spacial score (nSPS) is 10.6. The van der Waals surface area contributed by atoms with Gasteiger partial charge in [-0.3, -0.25) is 0 Å². The minimum atomic E-state index is -1.90. The maximum Gasteiger partial charge on any atom is 0.197 e. The Morgan fingerprint density at radius 1 is 0.842 bits per heavy atom. The molecule has 0 fully saturated rings. The molecule has 0 N–H and O–H groups in total. The SMILES string of the molecule is Fc1c(Cc2ccccc2)cc(N(F)F)c(F)c1F. The second-order valence-electron chi connectivity index (χ2n) is 3.89. The summed E-state index contributed by atoms with van der Waals surface area (Å²) in [5.74, 6) is -5.25. The highest BCUT2D eigenvalue weighted by atomic mass is 19.4. The van der Waals surface area contributed by atoms with Gasteiger partial charge in [-0.05, 0) is 22.5 Å². The fraction of sp³-hybridized carbons (Fsp3) is 0.0769. The smallest absolute Gasteiger partial charge is 0.197 e. The Kier molecular flexibility index (Phi) is 3.69. The van der Waals surface area contributed by atoms with E-state index in [4.69, 9.17) is 0 Å². The predicted molar refractivity (Wildman–Crippen MR) is 60.3 cm³/mol. The number of anilines is 1. The van der Waals surface area contributed by atoms with Gasteiger partial charge in [0.2, 0.25) is 0 Å². The molecule has 0 atom stereocenters. The van der Waals surface area contributed by atoms with E-state index in [-0.39, 0.29) is 12.0 Å². The molecule has 0 spiro atoms. The van der Waals surface area contributed by atoms with Gasteiger partial charge in [-0.1, -0.05) is 39.3 Å². The standard InChI is InChI=1S/C13H8F5N/c14-11-9(6-8-4-2-1-3-5-8)7-10(19(17)18)12(15)13(11)16/h1-5,7H,6H2. The molecule has 19 heavy (non-hydrogen) atoms. The Hall–Kier alpha value is -2.11. The van der Waals surface area contributed by atoms with Crippen LogP contribution in [0.1, 0.15) is 11.1 Å². The van der Waals surface area contributed by atoms with Crippen molar-refractivity contribution in [3.63, 3.8) is 0 Å². The lowest BCUT2D eigenvalue weighted by Crippen LogP contribution is -2.06. The highest BCUT2D eigenvalue weighted by Crippen LogP contribution is 2.28. The first-order valence-corrected chi connectivity index (χ1v) is 5.32. The molecule has 0 unspecified atom stereocenters. The largest absolute Gasteiger partial charge is 0.203 e. The van der Waals surface area contributed by atoms with Gasteiger partial charge in [0, 0.05) is 6.42 Å². The molecule has 2 rings (SSSR count). The second kappa shape index (κ2) is 5.26. The van der Waals surface area contributed by atoms with Gasteiger partial charge in [0.25, 0.3) is 0 Å². The minimum absolute atomic E-state index is 0.106. The fourth-order valence-corrected chi connectivity index (χ4v) is 1.71. The summed E-state index contributed by atoms with van der Waals surface area (Å²) in [6.07, 6.45) is -0.106. The molecule has 2 aromatic carbocycles. The Balaban J connectivity index is 2.46. The molecule has 0 heterocycles. The molecule has 0 saturated carbocycles. The summed E-state index contributed by atoms with van der Waals surface area (Å²) >= 11 is 0. The van der Waals surface area contributed by atoms with Crippen LogP contribution in [0, 0.1) is 17.5 Å². The quantitative estimate of drug-likeness (QED) is 0.458. The molecular weight excluding hydrogens is 265 g/mol. The van der Waals surface area contributed by atoms with Crippen LogP contribution >= 0.6 is 0 Å². The van der Waals surface area contributed by atoms with Crippen LogP contribution < -0.4 is 5.34 Å². The molecule has 0 aliphatic carbocycles. The third-order valence-corrected chi connectivity index (χ3v) is 2.62. The van der Waals surface area contributed by atoms with E-state index < -0.39 is 28.5 Å². The molecule has 6 heteroatoms. The van der Waals surface area contributed by atoms with Gasteiger partial charge >= 0.3 is 0 Å². The number of hydrogen-bond donors (Lipinski definition) is 0. The first-order valence-electron chi connectivity index (χ1n) is 5.32. The molecule has 0 bridgehead atoms. The summed E-state index contributed by atoms with van der Waals surface area (Å²) in [6, 6.07) is 8.92. The van der Waals surface area contributed by atoms with Crippen molar-refractivity contribution in [2.45, 2.75) is 6.42 Å². The number of halogens is 5. The van der Waals surface area contributed by atoms with Crippen LogP contribution in [0.25, 0.3) is 0 Å². The maximum atomic E-state index is 13.5. The minimum Gasteiger partial charge on any atom is -0.203 e. The average molecular weight is 273 g/mol. The zero-order valence-corrected chi connectivity index (χ0v) is 9.51. The molecule has 0 aromatic heterocycles. The third kappa shape index (κ3) is 2.67. The predicted octanol–water partition coefficient (Wildman–Crippen LogP) is 4.27. The molecular formula is C13H8F5N. The van der Waals surface area contributed by atoms with Crippen molar-refractivity contribution in [1.29, 1.82) is 0 Å². The number of benzene rings is 2. The van der Waals surface area contributed by atoms with Crippen LogP contribution in [-0.2, 0) is 6.42 Å². The molecule has 0 amide bonds. The Morgan fingerprint density at radius 3 is 2.05 bits per heavy atom. The van der Waals surface area contributed by atoms with Gasteiger partial charge in [0.1, 0.15) is 5.69 Å². The molecule has 100 valence electrons. The van der Waals surface area contributed by atoms with Gasteiger partial charge in [-0.2, -0.15) is 0 Å². The lowest BCUT2D eigenvalue weighted by Gasteiger charge is -2.10. The van der Waals surface area contributed by atoms with Gasteiger partial charge in [-0.25, -0.2) is 13.2 Å². The Morgan fingerprint density at radius 2 is 1.47 bits per heavy atom. The third-order valence-electron chi connectivity index (χ3n) is 2.62. The van der Waals surface area contributed by atoms with E-state index in [9.17, 15) is 22.1 Å². The van der Waals surface area contributed by atoms with E-state index >= 15 is 0 Å². The lowest BCUT2D eigenvalue weighted by atomic mass is 10.0. The average Bonchev–Trinajstić information content (AvgIpc) is 2.40. The van der Waals surface area contributed by atoms with Crippen molar-refractivity contribution < 1.29 is 22.1 Å². The zero-order chi connectivity index (χ0) is 14.0. The first kappa shape index (κ1) is 13.3. The summed E-state index contributed by atoms with van der Waals surface area (Å²) < 4.78 is 64.5. The van der Waals surface area contributed by atoms with Crippen LogP contribution in [0.5, 0.6) is 0 Å². The highest BCUT2D eigenvalue weighted by Gasteiger charge is 2.22. The molecule has 0 aliphatic heterocycles. The summed E-state index contributed by atoms with van der Waals surface area (Å²) in [5, 5.41) is -1.58. The van der Waals surface area contributed by atoms with E-state index in [1.807, 2.05) is 0 Å². The molecule has 2 aromatic rings.